The van der Waals surface area contributed by atoms with E-state index >= 15 is 0 Å². The number of ether oxygens (including phenoxy) is 1. The van der Waals surface area contributed by atoms with Gasteiger partial charge in [-0.25, -0.2) is 0 Å². The van der Waals surface area contributed by atoms with Crippen molar-refractivity contribution >= 4 is 52.5 Å². The highest BCUT2D eigenvalue weighted by Gasteiger charge is 2.27. The zero-order valence-electron chi connectivity index (χ0n) is 19.8. The largest absolute Gasteiger partial charge is 0.497 e. The summed E-state index contributed by atoms with van der Waals surface area (Å²) >= 11 is 13.4. The molecule has 1 heterocycles. The molecule has 35 heavy (non-hydrogen) atoms. The Morgan fingerprint density at radius 3 is 2.43 bits per heavy atom. The third-order valence-electron chi connectivity index (χ3n) is 5.18. The van der Waals surface area contributed by atoms with Crippen LogP contribution in [0.2, 0.25) is 10.0 Å². The van der Waals surface area contributed by atoms with Gasteiger partial charge in [0.25, 0.3) is 5.91 Å². The quantitative estimate of drug-likeness (QED) is 0.334. The molecule has 3 rings (SSSR count). The topological polar surface area (TPSA) is 98.1 Å². The molecule has 0 unspecified atom stereocenters. The molecular formula is C24H27Cl2N5O3S. The number of carbonyl (C=O) groups is 2. The molecule has 0 bridgehead atoms. The van der Waals surface area contributed by atoms with Gasteiger partial charge in [-0.2, -0.15) is 0 Å². The lowest BCUT2D eigenvalue weighted by Crippen LogP contribution is -2.34. The van der Waals surface area contributed by atoms with E-state index in [2.05, 4.69) is 20.8 Å². The van der Waals surface area contributed by atoms with Crippen LogP contribution in [0.4, 0.5) is 5.69 Å². The van der Waals surface area contributed by atoms with Crippen molar-refractivity contribution in [2.24, 2.45) is 5.92 Å². The number of nitrogens with one attached hydrogen (secondary N) is 2. The summed E-state index contributed by atoms with van der Waals surface area (Å²) < 4.78 is 7.03. The third-order valence-corrected chi connectivity index (χ3v) is 6.69. The zero-order valence-corrected chi connectivity index (χ0v) is 22.2. The number of halogens is 2. The van der Waals surface area contributed by atoms with E-state index in [4.69, 9.17) is 27.9 Å². The monoisotopic (exact) mass is 535 g/mol. The summed E-state index contributed by atoms with van der Waals surface area (Å²) in [5.41, 5.74) is 1.01. The van der Waals surface area contributed by atoms with Crippen LogP contribution in [0.15, 0.2) is 47.6 Å². The van der Waals surface area contributed by atoms with Gasteiger partial charge in [-0.3, -0.25) is 9.59 Å². The molecule has 0 aliphatic rings. The van der Waals surface area contributed by atoms with E-state index in [1.54, 1.807) is 43.5 Å². The molecule has 1 atom stereocenters. The lowest BCUT2D eigenvalue weighted by molar-refractivity contribution is -0.113. The number of anilines is 1. The molecule has 0 fully saturated rings. The normalized spacial score (nSPS) is 11.9. The summed E-state index contributed by atoms with van der Waals surface area (Å²) in [6.07, 6.45) is 0. The molecule has 0 saturated heterocycles. The Morgan fingerprint density at radius 2 is 1.83 bits per heavy atom. The Hall–Kier alpha value is -2.75. The van der Waals surface area contributed by atoms with Crippen LogP contribution in [0.5, 0.6) is 5.75 Å². The lowest BCUT2D eigenvalue weighted by atomic mass is 10.0. The third kappa shape index (κ3) is 6.90. The molecule has 0 aliphatic heterocycles. The van der Waals surface area contributed by atoms with Crippen LogP contribution >= 0.6 is 35.0 Å². The van der Waals surface area contributed by atoms with Gasteiger partial charge in [0.05, 0.1) is 29.5 Å². The number of thioether (sulfide) groups is 1. The molecule has 0 aliphatic carbocycles. The van der Waals surface area contributed by atoms with Crippen molar-refractivity contribution < 1.29 is 14.3 Å². The maximum Gasteiger partial charge on any atom is 0.253 e. The molecule has 2 N–H and O–H groups in total. The number of hydrogen-bond acceptors (Lipinski definition) is 6. The first kappa shape index (κ1) is 26.8. The summed E-state index contributed by atoms with van der Waals surface area (Å²) in [6, 6.07) is 11.4. The smallest absolute Gasteiger partial charge is 0.253 e. The molecule has 0 saturated carbocycles. The number of aromatic nitrogens is 3. The second-order valence-electron chi connectivity index (χ2n) is 7.97. The van der Waals surface area contributed by atoms with E-state index in [1.807, 2.05) is 25.3 Å². The standard InChI is InChI=1S/C24H27Cl2N5O3S/c1-5-31-22(21(14(2)3)28-23(33)18-11-6-15(25)12-19(18)26)29-30-24(31)35-13-20(32)27-16-7-9-17(34-4)10-8-16/h6-12,14,21H,5,13H2,1-4H3,(H,27,32)(H,28,33)/t21-/m0/s1. The van der Waals surface area contributed by atoms with Crippen molar-refractivity contribution in [2.45, 2.75) is 38.5 Å². The maximum atomic E-state index is 12.9. The second-order valence-corrected chi connectivity index (χ2v) is 9.76. The number of carbonyl (C=O) groups excluding carboxylic acids is 2. The Bertz CT molecular complexity index is 1180. The Balaban J connectivity index is 1.70. The zero-order chi connectivity index (χ0) is 25.5. The Kier molecular flexibility index (Phi) is 9.42. The van der Waals surface area contributed by atoms with Crippen LogP contribution in [-0.4, -0.2) is 39.4 Å². The van der Waals surface area contributed by atoms with Crippen molar-refractivity contribution in [3.05, 3.63) is 63.9 Å². The molecule has 3 aromatic rings. The molecule has 186 valence electrons. The Morgan fingerprint density at radius 1 is 1.11 bits per heavy atom. The van der Waals surface area contributed by atoms with E-state index in [0.29, 0.717) is 39.5 Å². The highest BCUT2D eigenvalue weighted by atomic mass is 35.5. The Labute approximate surface area is 218 Å². The first-order valence-corrected chi connectivity index (χ1v) is 12.7. The first-order chi connectivity index (χ1) is 16.7. The molecule has 0 radical (unpaired) electrons. The highest BCUT2D eigenvalue weighted by molar-refractivity contribution is 7.99. The molecule has 0 spiro atoms. The predicted molar refractivity (Wildman–Crippen MR) is 140 cm³/mol. The van der Waals surface area contributed by atoms with Crippen LogP contribution in [0, 0.1) is 5.92 Å². The van der Waals surface area contributed by atoms with Gasteiger partial charge >= 0.3 is 0 Å². The van der Waals surface area contributed by atoms with Crippen molar-refractivity contribution in [3.8, 4) is 5.75 Å². The number of benzene rings is 2. The highest BCUT2D eigenvalue weighted by Crippen LogP contribution is 2.27. The van der Waals surface area contributed by atoms with Gasteiger partial charge in [-0.1, -0.05) is 48.8 Å². The van der Waals surface area contributed by atoms with E-state index in [1.165, 1.54) is 17.8 Å². The van der Waals surface area contributed by atoms with Crippen LogP contribution in [0.25, 0.3) is 0 Å². The summed E-state index contributed by atoms with van der Waals surface area (Å²) in [6.45, 7) is 6.51. The minimum absolute atomic E-state index is 0.0238. The minimum Gasteiger partial charge on any atom is -0.497 e. The van der Waals surface area contributed by atoms with Gasteiger partial charge in [0.2, 0.25) is 5.91 Å². The summed E-state index contributed by atoms with van der Waals surface area (Å²) in [4.78, 5) is 25.4. The number of amides is 2. The van der Waals surface area contributed by atoms with Crippen molar-refractivity contribution in [2.75, 3.05) is 18.2 Å². The number of rotatable bonds is 10. The molecule has 2 amide bonds. The van der Waals surface area contributed by atoms with Gasteiger partial charge < -0.3 is 19.9 Å². The summed E-state index contributed by atoms with van der Waals surface area (Å²) in [7, 11) is 1.59. The molecule has 8 nitrogen and oxygen atoms in total. The SMILES string of the molecule is CCn1c(SCC(=O)Nc2ccc(OC)cc2)nnc1[C@@H](NC(=O)c1ccc(Cl)cc1Cl)C(C)C. The number of hydrogen-bond donors (Lipinski definition) is 2. The fourth-order valence-corrected chi connectivity index (χ4v) is 4.66. The van der Waals surface area contributed by atoms with E-state index in [9.17, 15) is 9.59 Å². The van der Waals surface area contributed by atoms with Gasteiger partial charge in [-0.05, 0) is 55.3 Å². The number of nitrogens with zero attached hydrogens (tertiary/aromatic N) is 3. The van der Waals surface area contributed by atoms with Gasteiger partial charge in [0.1, 0.15) is 5.75 Å². The predicted octanol–water partition coefficient (Wildman–Crippen LogP) is 5.47. The van der Waals surface area contributed by atoms with Crippen LogP contribution in [0.1, 0.15) is 43.0 Å². The fourth-order valence-electron chi connectivity index (χ4n) is 3.36. The number of methoxy groups -OCH3 is 1. The minimum atomic E-state index is -0.413. The summed E-state index contributed by atoms with van der Waals surface area (Å²) in [5, 5.41) is 15.8. The van der Waals surface area contributed by atoms with E-state index < -0.39 is 6.04 Å². The van der Waals surface area contributed by atoms with Crippen LogP contribution in [-0.2, 0) is 11.3 Å². The molecule has 2 aromatic carbocycles. The maximum absolute atomic E-state index is 12.9. The average Bonchev–Trinajstić information content (AvgIpc) is 3.23. The lowest BCUT2D eigenvalue weighted by Gasteiger charge is -2.22. The van der Waals surface area contributed by atoms with Crippen molar-refractivity contribution in [1.29, 1.82) is 0 Å². The van der Waals surface area contributed by atoms with Gasteiger partial charge in [0.15, 0.2) is 11.0 Å². The van der Waals surface area contributed by atoms with Crippen LogP contribution < -0.4 is 15.4 Å². The molecule has 1 aromatic heterocycles. The fraction of sp³-hybridized carbons (Fsp3) is 0.333. The first-order valence-electron chi connectivity index (χ1n) is 11.0. The van der Waals surface area contributed by atoms with Crippen molar-refractivity contribution in [3.63, 3.8) is 0 Å². The van der Waals surface area contributed by atoms with Crippen LogP contribution in [0.3, 0.4) is 0 Å². The molecule has 11 heteroatoms. The van der Waals surface area contributed by atoms with Gasteiger partial charge in [0, 0.05) is 17.3 Å². The summed E-state index contributed by atoms with van der Waals surface area (Å²) in [5.74, 6) is 1.01. The molecular weight excluding hydrogens is 509 g/mol. The van der Waals surface area contributed by atoms with Gasteiger partial charge in [-0.15, -0.1) is 10.2 Å². The van der Waals surface area contributed by atoms with E-state index in [-0.39, 0.29) is 28.5 Å². The van der Waals surface area contributed by atoms with E-state index in [0.717, 1.165) is 0 Å². The second kappa shape index (κ2) is 12.3. The average molecular weight is 536 g/mol. The van der Waals surface area contributed by atoms with Crippen molar-refractivity contribution in [1.82, 2.24) is 20.1 Å².